The Morgan fingerprint density at radius 1 is 1.12 bits per heavy atom. The largest absolute Gasteiger partial charge is 0.378 e. The van der Waals surface area contributed by atoms with Gasteiger partial charge in [0.25, 0.3) is 5.91 Å². The van der Waals surface area contributed by atoms with E-state index < -0.39 is 0 Å². The summed E-state index contributed by atoms with van der Waals surface area (Å²) in [5.74, 6) is -0.148. The van der Waals surface area contributed by atoms with Crippen LogP contribution in [0.5, 0.6) is 0 Å². The number of hydrogen-bond acceptors (Lipinski definition) is 4. The lowest BCUT2D eigenvalue weighted by molar-refractivity contribution is -0.113. The molecule has 2 aliphatic rings. The van der Waals surface area contributed by atoms with Crippen molar-refractivity contribution in [1.29, 1.82) is 0 Å². The Kier molecular flexibility index (Phi) is 4.55. The normalized spacial score (nSPS) is 18.1. The molecule has 0 radical (unpaired) electrons. The predicted octanol–water partition coefficient (Wildman–Crippen LogP) is 4.18. The fraction of sp³-hybridized carbons (Fsp3) is 0.238. The van der Waals surface area contributed by atoms with Gasteiger partial charge in [-0.2, -0.15) is 4.99 Å². The topological polar surface area (TPSA) is 35.9 Å². The van der Waals surface area contributed by atoms with Crippen LogP contribution in [0.2, 0.25) is 0 Å². The summed E-state index contributed by atoms with van der Waals surface area (Å²) in [7, 11) is 4.03. The van der Waals surface area contributed by atoms with E-state index in [1.54, 1.807) is 0 Å². The van der Waals surface area contributed by atoms with E-state index in [0.717, 1.165) is 35.8 Å². The number of aliphatic imine (C=N–C) groups is 1. The molecule has 2 heterocycles. The van der Waals surface area contributed by atoms with Crippen molar-refractivity contribution in [3.63, 3.8) is 0 Å². The molecule has 0 saturated carbocycles. The number of anilines is 2. The van der Waals surface area contributed by atoms with E-state index in [0.29, 0.717) is 4.91 Å². The zero-order chi connectivity index (χ0) is 18.1. The van der Waals surface area contributed by atoms with Crippen molar-refractivity contribution in [3.05, 3.63) is 64.6 Å². The molecule has 5 heteroatoms. The lowest BCUT2D eigenvalue weighted by Crippen LogP contribution is -2.32. The van der Waals surface area contributed by atoms with Gasteiger partial charge in [0.15, 0.2) is 5.17 Å². The van der Waals surface area contributed by atoms with Gasteiger partial charge in [-0.3, -0.25) is 4.79 Å². The van der Waals surface area contributed by atoms with Gasteiger partial charge >= 0.3 is 0 Å². The number of amidine groups is 1. The van der Waals surface area contributed by atoms with Gasteiger partial charge in [-0.05, 0) is 60.0 Å². The van der Waals surface area contributed by atoms with E-state index in [4.69, 9.17) is 0 Å². The molecule has 26 heavy (non-hydrogen) atoms. The zero-order valence-corrected chi connectivity index (χ0v) is 15.8. The molecule has 0 saturated heterocycles. The lowest BCUT2D eigenvalue weighted by Gasteiger charge is -2.30. The molecule has 0 aromatic heterocycles. The molecule has 4 nitrogen and oxygen atoms in total. The summed E-state index contributed by atoms with van der Waals surface area (Å²) in [6, 6.07) is 16.6. The molecule has 0 bridgehead atoms. The molecule has 0 N–H and O–H groups in total. The Balaban J connectivity index is 1.56. The summed E-state index contributed by atoms with van der Waals surface area (Å²) in [5, 5.41) is 0.790. The Bertz CT molecular complexity index is 900. The third-order valence-corrected chi connectivity index (χ3v) is 5.66. The summed E-state index contributed by atoms with van der Waals surface area (Å²) in [4.78, 5) is 21.6. The van der Waals surface area contributed by atoms with Crippen molar-refractivity contribution in [2.45, 2.75) is 12.8 Å². The third-order valence-electron chi connectivity index (χ3n) is 4.66. The summed E-state index contributed by atoms with van der Waals surface area (Å²) in [6.07, 6.45) is 4.09. The van der Waals surface area contributed by atoms with Gasteiger partial charge in [-0.1, -0.05) is 30.3 Å². The highest BCUT2D eigenvalue weighted by molar-refractivity contribution is 8.18. The molecule has 0 unspecified atom stereocenters. The van der Waals surface area contributed by atoms with Crippen LogP contribution < -0.4 is 9.80 Å². The molecular weight excluding hydrogens is 342 g/mol. The molecule has 2 aromatic carbocycles. The van der Waals surface area contributed by atoms with E-state index in [-0.39, 0.29) is 5.91 Å². The Hall–Kier alpha value is -2.53. The van der Waals surface area contributed by atoms with Crippen LogP contribution in [0.1, 0.15) is 17.5 Å². The Morgan fingerprint density at radius 3 is 2.65 bits per heavy atom. The Labute approximate surface area is 158 Å². The van der Waals surface area contributed by atoms with E-state index in [2.05, 4.69) is 45.1 Å². The molecular formula is C21H21N3OS. The average Bonchev–Trinajstić information content (AvgIpc) is 3.02. The maximum absolute atomic E-state index is 12.4. The number of benzene rings is 2. The van der Waals surface area contributed by atoms with Gasteiger partial charge in [-0.15, -0.1) is 0 Å². The second-order valence-corrected chi connectivity index (χ2v) is 7.69. The first-order valence-corrected chi connectivity index (χ1v) is 9.59. The minimum absolute atomic E-state index is 0.148. The number of fused-ring (bicyclic) bond motifs is 1. The van der Waals surface area contributed by atoms with E-state index in [1.807, 2.05) is 38.4 Å². The molecule has 2 aromatic rings. The van der Waals surface area contributed by atoms with Gasteiger partial charge in [0.2, 0.25) is 0 Å². The summed E-state index contributed by atoms with van der Waals surface area (Å²) in [6.45, 7) is 0.904. The number of para-hydroxylation sites is 1. The van der Waals surface area contributed by atoms with Gasteiger partial charge < -0.3 is 9.80 Å². The molecule has 0 atom stereocenters. The second-order valence-electron chi connectivity index (χ2n) is 6.68. The minimum atomic E-state index is -0.148. The fourth-order valence-corrected chi connectivity index (χ4v) is 4.22. The zero-order valence-electron chi connectivity index (χ0n) is 15.0. The SMILES string of the molecule is CN(C)c1ccc(C=C2SC(N3CCCc4ccccc43)=NC2=O)cc1. The molecule has 2 aliphatic heterocycles. The highest BCUT2D eigenvalue weighted by atomic mass is 32.2. The Morgan fingerprint density at radius 2 is 1.88 bits per heavy atom. The molecule has 4 rings (SSSR count). The standard InChI is InChI=1S/C21H21N3OS/c1-23(2)17-11-9-15(10-12-17)14-19-20(25)22-21(26-19)24-13-5-7-16-6-3-4-8-18(16)24/h3-4,6,8-12,14H,5,7,13H2,1-2H3. The van der Waals surface area contributed by atoms with E-state index >= 15 is 0 Å². The number of amides is 1. The van der Waals surface area contributed by atoms with Crippen LogP contribution in [-0.2, 0) is 11.2 Å². The first-order valence-electron chi connectivity index (χ1n) is 8.77. The summed E-state index contributed by atoms with van der Waals surface area (Å²) >= 11 is 1.47. The van der Waals surface area contributed by atoms with Crippen molar-refractivity contribution in [1.82, 2.24) is 0 Å². The molecule has 0 spiro atoms. The molecule has 1 amide bonds. The number of aryl methyl sites for hydroxylation is 1. The van der Waals surface area contributed by atoms with Crippen LogP contribution in [0.25, 0.3) is 6.08 Å². The van der Waals surface area contributed by atoms with Crippen LogP contribution in [0.4, 0.5) is 11.4 Å². The lowest BCUT2D eigenvalue weighted by atomic mass is 10.0. The van der Waals surface area contributed by atoms with E-state index in [9.17, 15) is 4.79 Å². The average molecular weight is 363 g/mol. The van der Waals surface area contributed by atoms with Gasteiger partial charge in [0, 0.05) is 32.0 Å². The number of thioether (sulfide) groups is 1. The molecule has 132 valence electrons. The van der Waals surface area contributed by atoms with Crippen molar-refractivity contribution in [2.24, 2.45) is 4.99 Å². The van der Waals surface area contributed by atoms with Crippen molar-refractivity contribution >= 4 is 40.3 Å². The fourth-order valence-electron chi connectivity index (χ4n) is 3.27. The number of rotatable bonds is 2. The number of hydrogen-bond donors (Lipinski definition) is 0. The van der Waals surface area contributed by atoms with Gasteiger partial charge in [0.05, 0.1) is 4.91 Å². The van der Waals surface area contributed by atoms with Crippen LogP contribution in [0, 0.1) is 0 Å². The van der Waals surface area contributed by atoms with Crippen LogP contribution in [0.15, 0.2) is 58.4 Å². The van der Waals surface area contributed by atoms with Gasteiger partial charge in [-0.25, -0.2) is 0 Å². The van der Waals surface area contributed by atoms with Crippen LogP contribution in [0.3, 0.4) is 0 Å². The van der Waals surface area contributed by atoms with Crippen molar-refractivity contribution in [3.8, 4) is 0 Å². The number of carbonyl (C=O) groups is 1. The highest BCUT2D eigenvalue weighted by Gasteiger charge is 2.29. The monoisotopic (exact) mass is 363 g/mol. The van der Waals surface area contributed by atoms with Crippen LogP contribution in [-0.4, -0.2) is 31.7 Å². The first kappa shape index (κ1) is 16.9. The second kappa shape index (κ2) is 7.00. The third kappa shape index (κ3) is 3.27. The first-order chi connectivity index (χ1) is 12.6. The van der Waals surface area contributed by atoms with E-state index in [1.165, 1.54) is 23.0 Å². The predicted molar refractivity (Wildman–Crippen MR) is 111 cm³/mol. The number of nitrogens with zero attached hydrogens (tertiary/aromatic N) is 3. The minimum Gasteiger partial charge on any atom is -0.378 e. The maximum atomic E-state index is 12.4. The number of carbonyl (C=O) groups excluding carboxylic acids is 1. The summed E-state index contributed by atoms with van der Waals surface area (Å²) in [5.41, 5.74) is 4.65. The quantitative estimate of drug-likeness (QED) is 0.750. The smallest absolute Gasteiger partial charge is 0.286 e. The highest BCUT2D eigenvalue weighted by Crippen LogP contribution is 2.36. The molecule has 0 fully saturated rings. The molecule has 0 aliphatic carbocycles. The van der Waals surface area contributed by atoms with Gasteiger partial charge in [0.1, 0.15) is 0 Å². The van der Waals surface area contributed by atoms with Crippen molar-refractivity contribution in [2.75, 3.05) is 30.4 Å². The maximum Gasteiger partial charge on any atom is 0.286 e. The summed E-state index contributed by atoms with van der Waals surface area (Å²) < 4.78 is 0. The van der Waals surface area contributed by atoms with Crippen LogP contribution >= 0.6 is 11.8 Å². The van der Waals surface area contributed by atoms with Crippen molar-refractivity contribution < 1.29 is 4.79 Å².